The number of rotatable bonds is 9. The molecule has 28 heavy (non-hydrogen) atoms. The molecule has 8 heteroatoms. The molecule has 0 saturated heterocycles. The topological polar surface area (TPSA) is 93.7 Å². The number of sulfonamides is 1. The number of carbonyl (C=O) groups is 1. The molecule has 2 N–H and O–H groups in total. The summed E-state index contributed by atoms with van der Waals surface area (Å²) in [5.41, 5.74) is 3.21. The number of nitrogens with one attached hydrogen (secondary N) is 2. The molecule has 0 aliphatic heterocycles. The molecule has 0 heterocycles. The van der Waals surface area contributed by atoms with Gasteiger partial charge in [0.2, 0.25) is 0 Å². The van der Waals surface area contributed by atoms with E-state index in [9.17, 15) is 13.2 Å². The van der Waals surface area contributed by atoms with Crippen LogP contribution in [-0.2, 0) is 14.8 Å². The van der Waals surface area contributed by atoms with Gasteiger partial charge in [-0.05, 0) is 61.7 Å². The lowest BCUT2D eigenvalue weighted by Gasteiger charge is -2.16. The van der Waals surface area contributed by atoms with Crippen molar-refractivity contribution in [2.24, 2.45) is 0 Å². The van der Waals surface area contributed by atoms with Crippen molar-refractivity contribution >= 4 is 15.9 Å². The lowest BCUT2D eigenvalue weighted by molar-refractivity contribution is -0.127. The van der Waals surface area contributed by atoms with Crippen LogP contribution in [0.5, 0.6) is 11.5 Å². The largest absolute Gasteiger partial charge is 0.494 e. The normalized spacial score (nSPS) is 12.5. The van der Waals surface area contributed by atoms with Crippen LogP contribution < -0.4 is 19.7 Å². The second-order valence-electron chi connectivity index (χ2n) is 6.48. The highest BCUT2D eigenvalue weighted by Crippen LogP contribution is 2.19. The van der Waals surface area contributed by atoms with Gasteiger partial charge in [0.1, 0.15) is 11.5 Å². The summed E-state index contributed by atoms with van der Waals surface area (Å²) in [5, 5.41) is 0. The van der Waals surface area contributed by atoms with Crippen LogP contribution in [0.3, 0.4) is 0 Å². The Labute approximate surface area is 166 Å². The molecule has 152 valence electrons. The first-order chi connectivity index (χ1) is 13.2. The highest BCUT2D eigenvalue weighted by molar-refractivity contribution is 7.89. The van der Waals surface area contributed by atoms with Crippen molar-refractivity contribution in [3.8, 4) is 11.5 Å². The summed E-state index contributed by atoms with van der Waals surface area (Å²) in [5.74, 6) is 0.850. The SMILES string of the molecule is CCOc1ccc(O[C@@H](C)C(=O)NNS(=O)(=O)c2ccc(C(C)C)cc2)cc1. The average molecular weight is 407 g/mol. The molecule has 7 nitrogen and oxygen atoms in total. The molecule has 0 bridgehead atoms. The van der Waals surface area contributed by atoms with Crippen LogP contribution in [0, 0.1) is 0 Å². The third-order valence-corrected chi connectivity index (χ3v) is 5.25. The monoisotopic (exact) mass is 406 g/mol. The van der Waals surface area contributed by atoms with E-state index in [-0.39, 0.29) is 4.90 Å². The number of carbonyl (C=O) groups excluding carboxylic acids is 1. The molecule has 2 rings (SSSR count). The van der Waals surface area contributed by atoms with Crippen LogP contribution in [-0.4, -0.2) is 27.0 Å². The lowest BCUT2D eigenvalue weighted by Crippen LogP contribution is -2.47. The van der Waals surface area contributed by atoms with Crippen molar-refractivity contribution < 1.29 is 22.7 Å². The van der Waals surface area contributed by atoms with E-state index in [1.807, 2.05) is 20.8 Å². The molecule has 0 aliphatic carbocycles. The van der Waals surface area contributed by atoms with E-state index in [2.05, 4.69) is 10.3 Å². The first kappa shape index (κ1) is 21.7. The Bertz CT molecular complexity index is 878. The molecule has 1 atom stereocenters. The van der Waals surface area contributed by atoms with Crippen molar-refractivity contribution in [3.05, 3.63) is 54.1 Å². The van der Waals surface area contributed by atoms with Crippen LogP contribution in [0.15, 0.2) is 53.4 Å². The summed E-state index contributed by atoms with van der Waals surface area (Å²) in [4.78, 5) is 14.3. The molecule has 0 aromatic heterocycles. The second-order valence-corrected chi connectivity index (χ2v) is 8.17. The van der Waals surface area contributed by atoms with E-state index in [1.165, 1.54) is 19.1 Å². The Morgan fingerprint density at radius 3 is 2.07 bits per heavy atom. The molecule has 1 amide bonds. The van der Waals surface area contributed by atoms with E-state index >= 15 is 0 Å². The maximum atomic E-state index is 12.3. The third kappa shape index (κ3) is 5.97. The minimum Gasteiger partial charge on any atom is -0.494 e. The second kappa shape index (κ2) is 9.57. The predicted molar refractivity (Wildman–Crippen MR) is 107 cm³/mol. The number of hydrazine groups is 1. The zero-order chi connectivity index (χ0) is 20.7. The van der Waals surface area contributed by atoms with Gasteiger partial charge in [0.25, 0.3) is 15.9 Å². The van der Waals surface area contributed by atoms with E-state index < -0.39 is 22.0 Å². The van der Waals surface area contributed by atoms with Gasteiger partial charge in [-0.2, -0.15) is 0 Å². The first-order valence-electron chi connectivity index (χ1n) is 9.04. The van der Waals surface area contributed by atoms with Crippen LogP contribution in [0.25, 0.3) is 0 Å². The van der Waals surface area contributed by atoms with Gasteiger partial charge in [0.05, 0.1) is 11.5 Å². The number of hydrogen-bond acceptors (Lipinski definition) is 5. The van der Waals surface area contributed by atoms with Gasteiger partial charge >= 0.3 is 0 Å². The van der Waals surface area contributed by atoms with Crippen molar-refractivity contribution in [1.82, 2.24) is 10.3 Å². The molecule has 2 aromatic rings. The zero-order valence-electron chi connectivity index (χ0n) is 16.4. The number of amides is 1. The highest BCUT2D eigenvalue weighted by atomic mass is 32.2. The summed E-state index contributed by atoms with van der Waals surface area (Å²) in [6, 6.07) is 13.3. The van der Waals surface area contributed by atoms with E-state index in [1.54, 1.807) is 36.4 Å². The minimum absolute atomic E-state index is 0.0669. The summed E-state index contributed by atoms with van der Waals surface area (Å²) >= 11 is 0. The van der Waals surface area contributed by atoms with Crippen LogP contribution in [0.2, 0.25) is 0 Å². The van der Waals surface area contributed by atoms with Crippen molar-refractivity contribution in [3.63, 3.8) is 0 Å². The van der Waals surface area contributed by atoms with Gasteiger partial charge < -0.3 is 9.47 Å². The van der Waals surface area contributed by atoms with Crippen LogP contribution in [0.4, 0.5) is 0 Å². The van der Waals surface area contributed by atoms with E-state index in [4.69, 9.17) is 9.47 Å². The van der Waals surface area contributed by atoms with Gasteiger partial charge in [0, 0.05) is 0 Å². The zero-order valence-corrected chi connectivity index (χ0v) is 17.2. The fourth-order valence-electron chi connectivity index (χ4n) is 2.35. The first-order valence-corrected chi connectivity index (χ1v) is 10.5. The third-order valence-electron chi connectivity index (χ3n) is 3.98. The Hall–Kier alpha value is -2.58. The predicted octanol–water partition coefficient (Wildman–Crippen LogP) is 2.99. The van der Waals surface area contributed by atoms with Crippen molar-refractivity contribution in [2.45, 2.75) is 44.6 Å². The lowest BCUT2D eigenvalue weighted by atomic mass is 10.0. The average Bonchev–Trinajstić information content (AvgIpc) is 2.68. The highest BCUT2D eigenvalue weighted by Gasteiger charge is 2.19. The number of ether oxygens (including phenoxy) is 2. The van der Waals surface area contributed by atoms with Gasteiger partial charge in [0.15, 0.2) is 6.10 Å². The number of benzene rings is 2. The molecule has 2 aromatic carbocycles. The Kier molecular flexibility index (Phi) is 7.42. The van der Waals surface area contributed by atoms with Crippen molar-refractivity contribution in [2.75, 3.05) is 6.61 Å². The minimum atomic E-state index is -3.87. The molecule has 0 fully saturated rings. The fourth-order valence-corrected chi connectivity index (χ4v) is 3.20. The van der Waals surface area contributed by atoms with Gasteiger partial charge in [-0.25, -0.2) is 8.42 Å². The Morgan fingerprint density at radius 1 is 0.964 bits per heavy atom. The molecule has 0 aliphatic rings. The molecular formula is C20H26N2O5S. The summed E-state index contributed by atoms with van der Waals surface area (Å²) in [6.07, 6.45) is -0.899. The quantitative estimate of drug-likeness (QED) is 0.625. The molecule has 0 unspecified atom stereocenters. The van der Waals surface area contributed by atoms with Gasteiger partial charge in [-0.15, -0.1) is 4.83 Å². The van der Waals surface area contributed by atoms with E-state index in [0.29, 0.717) is 24.0 Å². The summed E-state index contributed by atoms with van der Waals surface area (Å²) in [7, 11) is -3.87. The Morgan fingerprint density at radius 2 is 1.54 bits per heavy atom. The fraction of sp³-hybridized carbons (Fsp3) is 0.350. The standard InChI is InChI=1S/C20H26N2O5S/c1-5-26-17-8-10-18(11-9-17)27-15(4)20(23)21-22-28(24,25)19-12-6-16(7-13-19)14(2)3/h6-15,22H,5H2,1-4H3,(H,21,23)/t15-/m0/s1. The maximum absolute atomic E-state index is 12.3. The summed E-state index contributed by atoms with van der Waals surface area (Å²) in [6.45, 7) is 8.01. The van der Waals surface area contributed by atoms with Crippen LogP contribution in [0.1, 0.15) is 39.2 Å². The van der Waals surface area contributed by atoms with E-state index in [0.717, 1.165) is 5.56 Å². The maximum Gasteiger partial charge on any atom is 0.275 e. The summed E-state index contributed by atoms with van der Waals surface area (Å²) < 4.78 is 35.5. The molecule has 0 radical (unpaired) electrons. The molecule has 0 spiro atoms. The Balaban J connectivity index is 1.92. The van der Waals surface area contributed by atoms with Crippen LogP contribution >= 0.6 is 0 Å². The van der Waals surface area contributed by atoms with Crippen molar-refractivity contribution in [1.29, 1.82) is 0 Å². The molecule has 0 saturated carbocycles. The van der Waals surface area contributed by atoms with Gasteiger partial charge in [-0.1, -0.05) is 26.0 Å². The van der Waals surface area contributed by atoms with Gasteiger partial charge in [-0.3, -0.25) is 10.2 Å². The number of hydrogen-bond donors (Lipinski definition) is 2. The smallest absolute Gasteiger partial charge is 0.275 e. The molecular weight excluding hydrogens is 380 g/mol.